The highest BCUT2D eigenvalue weighted by molar-refractivity contribution is 5.94. The van der Waals surface area contributed by atoms with E-state index < -0.39 is 0 Å². The second-order valence-electron chi connectivity index (χ2n) is 6.07. The molecule has 21 heavy (non-hydrogen) atoms. The van der Waals surface area contributed by atoms with Gasteiger partial charge in [-0.25, -0.2) is 0 Å². The van der Waals surface area contributed by atoms with Crippen molar-refractivity contribution in [3.63, 3.8) is 0 Å². The van der Waals surface area contributed by atoms with Crippen molar-refractivity contribution in [3.8, 4) is 0 Å². The van der Waals surface area contributed by atoms with Crippen molar-refractivity contribution in [2.45, 2.75) is 12.5 Å². The fourth-order valence-corrected chi connectivity index (χ4v) is 3.83. The van der Waals surface area contributed by atoms with E-state index in [0.717, 1.165) is 6.42 Å². The Kier molecular flexibility index (Phi) is 2.99. The van der Waals surface area contributed by atoms with Gasteiger partial charge in [-0.3, -0.25) is 9.59 Å². The topological polar surface area (TPSA) is 65.6 Å². The molecule has 5 rings (SSSR count). The second kappa shape index (κ2) is 4.87. The standard InChI is InChI=1S/C15H19N3O3/c19-14(11-2-1-3-16-11)18-9-10-8-12(18)13(10)15(20)17-4-6-21-7-5-17/h1-3,10,12-13,16H,4-9H2/t10-,12-,13-/m1/s1. The molecule has 3 saturated heterocycles. The van der Waals surface area contributed by atoms with Gasteiger partial charge < -0.3 is 19.5 Å². The summed E-state index contributed by atoms with van der Waals surface area (Å²) in [6, 6.07) is 3.70. The van der Waals surface area contributed by atoms with Crippen molar-refractivity contribution in [1.29, 1.82) is 0 Å². The van der Waals surface area contributed by atoms with E-state index in [-0.39, 0.29) is 23.8 Å². The molecule has 0 aromatic carbocycles. The average molecular weight is 289 g/mol. The van der Waals surface area contributed by atoms with Crippen LogP contribution in [0.3, 0.4) is 0 Å². The molecule has 4 fully saturated rings. The quantitative estimate of drug-likeness (QED) is 0.853. The van der Waals surface area contributed by atoms with E-state index in [0.29, 0.717) is 44.5 Å². The molecule has 4 heterocycles. The normalized spacial score (nSPS) is 31.1. The Morgan fingerprint density at radius 1 is 1.29 bits per heavy atom. The van der Waals surface area contributed by atoms with Gasteiger partial charge in [0.05, 0.1) is 19.1 Å². The van der Waals surface area contributed by atoms with Crippen molar-refractivity contribution in [2.75, 3.05) is 32.8 Å². The Labute approximate surface area is 123 Å². The predicted molar refractivity (Wildman–Crippen MR) is 74.6 cm³/mol. The third-order valence-electron chi connectivity index (χ3n) is 5.00. The van der Waals surface area contributed by atoms with Gasteiger partial charge in [0.15, 0.2) is 0 Å². The first kappa shape index (κ1) is 12.9. The minimum absolute atomic E-state index is 0.00186. The lowest BCUT2D eigenvalue weighted by Crippen LogP contribution is -2.53. The van der Waals surface area contributed by atoms with Gasteiger partial charge in [0, 0.05) is 31.9 Å². The number of rotatable bonds is 2. The van der Waals surface area contributed by atoms with Crippen molar-refractivity contribution in [3.05, 3.63) is 24.0 Å². The van der Waals surface area contributed by atoms with Gasteiger partial charge in [-0.05, 0) is 24.5 Å². The lowest BCUT2D eigenvalue weighted by atomic mass is 9.73. The summed E-state index contributed by atoms with van der Waals surface area (Å²) in [6.07, 6.45) is 2.72. The maximum absolute atomic E-state index is 12.6. The summed E-state index contributed by atoms with van der Waals surface area (Å²) in [6.45, 7) is 3.32. The molecule has 1 aromatic heterocycles. The fraction of sp³-hybridized carbons (Fsp3) is 0.600. The number of nitrogens with zero attached hydrogens (tertiary/aromatic N) is 2. The van der Waals surface area contributed by atoms with Gasteiger partial charge in [-0.15, -0.1) is 0 Å². The van der Waals surface area contributed by atoms with Crippen LogP contribution in [0.2, 0.25) is 0 Å². The second-order valence-corrected chi connectivity index (χ2v) is 6.07. The van der Waals surface area contributed by atoms with E-state index in [1.54, 1.807) is 12.3 Å². The van der Waals surface area contributed by atoms with Crippen LogP contribution in [-0.2, 0) is 9.53 Å². The van der Waals surface area contributed by atoms with Crippen LogP contribution in [0.4, 0.5) is 0 Å². The largest absolute Gasteiger partial charge is 0.378 e. The van der Waals surface area contributed by atoms with Crippen molar-refractivity contribution >= 4 is 11.8 Å². The third kappa shape index (κ3) is 1.97. The van der Waals surface area contributed by atoms with Gasteiger partial charge in [0.25, 0.3) is 5.91 Å². The molecule has 6 heteroatoms. The number of ether oxygens (including phenoxy) is 1. The third-order valence-corrected chi connectivity index (χ3v) is 5.00. The van der Waals surface area contributed by atoms with Crippen LogP contribution in [0.1, 0.15) is 16.9 Å². The number of aromatic amines is 1. The number of hydrogen-bond acceptors (Lipinski definition) is 3. The number of nitrogens with one attached hydrogen (secondary N) is 1. The Hall–Kier alpha value is -1.82. The van der Waals surface area contributed by atoms with Crippen LogP contribution in [0, 0.1) is 11.8 Å². The molecule has 112 valence electrons. The maximum atomic E-state index is 12.6. The van der Waals surface area contributed by atoms with E-state index in [2.05, 4.69) is 4.98 Å². The van der Waals surface area contributed by atoms with Crippen LogP contribution in [0.5, 0.6) is 0 Å². The van der Waals surface area contributed by atoms with E-state index in [1.165, 1.54) is 0 Å². The van der Waals surface area contributed by atoms with Crippen LogP contribution in [-0.4, -0.2) is 65.5 Å². The molecule has 2 amide bonds. The predicted octanol–water partition coefficient (Wildman–Crippen LogP) is 0.334. The summed E-state index contributed by atoms with van der Waals surface area (Å²) in [5.41, 5.74) is 0.611. The summed E-state index contributed by atoms with van der Waals surface area (Å²) in [4.78, 5) is 31.8. The van der Waals surface area contributed by atoms with Crippen molar-refractivity contribution in [2.24, 2.45) is 11.8 Å². The van der Waals surface area contributed by atoms with Crippen LogP contribution < -0.4 is 0 Å². The number of carbonyl (C=O) groups is 2. The molecule has 1 aliphatic carbocycles. The Balaban J connectivity index is 1.46. The molecule has 4 aliphatic rings. The van der Waals surface area contributed by atoms with Crippen molar-refractivity contribution < 1.29 is 14.3 Å². The lowest BCUT2D eigenvalue weighted by Gasteiger charge is -2.39. The van der Waals surface area contributed by atoms with Crippen LogP contribution in [0.15, 0.2) is 18.3 Å². The van der Waals surface area contributed by atoms with Crippen LogP contribution in [0.25, 0.3) is 0 Å². The zero-order chi connectivity index (χ0) is 14.4. The molecule has 0 unspecified atom stereocenters. The minimum Gasteiger partial charge on any atom is -0.378 e. The maximum Gasteiger partial charge on any atom is 0.270 e. The lowest BCUT2D eigenvalue weighted by molar-refractivity contribution is -0.144. The Morgan fingerprint density at radius 2 is 2.10 bits per heavy atom. The van der Waals surface area contributed by atoms with E-state index in [1.807, 2.05) is 15.9 Å². The molecule has 3 atom stereocenters. The van der Waals surface area contributed by atoms with E-state index >= 15 is 0 Å². The summed E-state index contributed by atoms with van der Waals surface area (Å²) in [5.74, 6) is 0.567. The number of aromatic nitrogens is 1. The number of hydrogen-bond donors (Lipinski definition) is 1. The number of carbonyl (C=O) groups excluding carboxylic acids is 2. The summed E-state index contributed by atoms with van der Waals surface area (Å²) in [7, 11) is 0. The molecule has 6 nitrogen and oxygen atoms in total. The fourth-order valence-electron chi connectivity index (χ4n) is 3.83. The molecular formula is C15H19N3O3. The first-order chi connectivity index (χ1) is 10.3. The SMILES string of the molecule is O=C([C@@H]1[C@@H]2C[C@H]1N(C(=O)c1ccc[nH]1)C2)N1CCOCC1. The van der Waals surface area contributed by atoms with E-state index in [9.17, 15) is 9.59 Å². The molecule has 1 aromatic rings. The molecular weight excluding hydrogens is 270 g/mol. The Bertz CT molecular complexity index is 551. The molecule has 1 N–H and O–H groups in total. The zero-order valence-electron chi connectivity index (χ0n) is 11.8. The van der Waals surface area contributed by atoms with Gasteiger partial charge in [-0.2, -0.15) is 0 Å². The zero-order valence-corrected chi connectivity index (χ0v) is 11.8. The summed E-state index contributed by atoms with van der Waals surface area (Å²) in [5, 5.41) is 0. The summed E-state index contributed by atoms with van der Waals surface area (Å²) >= 11 is 0. The molecule has 3 aliphatic heterocycles. The first-order valence-electron chi connectivity index (χ1n) is 7.56. The number of morpholine rings is 1. The Morgan fingerprint density at radius 3 is 2.81 bits per heavy atom. The minimum atomic E-state index is 0.00186. The molecule has 2 bridgehead atoms. The van der Waals surface area contributed by atoms with Crippen molar-refractivity contribution in [1.82, 2.24) is 14.8 Å². The monoisotopic (exact) mass is 289 g/mol. The average Bonchev–Trinajstić information content (AvgIpc) is 3.22. The summed E-state index contributed by atoms with van der Waals surface area (Å²) < 4.78 is 5.30. The van der Waals surface area contributed by atoms with Gasteiger partial charge in [0.2, 0.25) is 5.91 Å². The van der Waals surface area contributed by atoms with Crippen LogP contribution >= 0.6 is 0 Å². The number of H-pyrrole nitrogens is 1. The highest BCUT2D eigenvalue weighted by Gasteiger charge is 2.57. The number of amides is 2. The highest BCUT2D eigenvalue weighted by Crippen LogP contribution is 2.47. The van der Waals surface area contributed by atoms with Gasteiger partial charge in [-0.1, -0.05) is 0 Å². The smallest absolute Gasteiger partial charge is 0.270 e. The van der Waals surface area contributed by atoms with Gasteiger partial charge >= 0.3 is 0 Å². The first-order valence-corrected chi connectivity index (χ1v) is 7.56. The number of fused-ring (bicyclic) bond motifs is 1. The molecule has 1 saturated carbocycles. The highest BCUT2D eigenvalue weighted by atomic mass is 16.5. The molecule has 0 spiro atoms. The molecule has 0 radical (unpaired) electrons. The van der Waals surface area contributed by atoms with Gasteiger partial charge in [0.1, 0.15) is 5.69 Å². The van der Waals surface area contributed by atoms with E-state index in [4.69, 9.17) is 4.74 Å².